The van der Waals surface area contributed by atoms with Crippen molar-refractivity contribution in [3.8, 4) is 0 Å². The number of nitrogens with zero attached hydrogens (tertiary/aromatic N) is 2. The van der Waals surface area contributed by atoms with Crippen LogP contribution in [-0.2, 0) is 4.79 Å². The molecule has 4 heteroatoms. The lowest BCUT2D eigenvalue weighted by Crippen LogP contribution is -2.38. The Hall–Kier alpha value is -3.27. The van der Waals surface area contributed by atoms with Gasteiger partial charge in [0.25, 0.3) is 0 Å². The van der Waals surface area contributed by atoms with Gasteiger partial charge in [0, 0.05) is 5.69 Å². The molecule has 0 heterocycles. The van der Waals surface area contributed by atoms with E-state index in [-0.39, 0.29) is 0 Å². The number of rotatable bonds is 5. The van der Waals surface area contributed by atoms with Crippen LogP contribution in [0.4, 0.5) is 22.7 Å². The molecule has 23 heavy (non-hydrogen) atoms. The molecule has 2 N–H and O–H groups in total. The minimum Gasteiger partial charge on any atom is -0.399 e. The smallest absolute Gasteiger partial charge is 0.233 e. The summed E-state index contributed by atoms with van der Waals surface area (Å²) in [6.07, 6.45) is 0.797. The van der Waals surface area contributed by atoms with Gasteiger partial charge in [-0.15, -0.1) is 0 Å². The molecule has 0 spiro atoms. The number of hydrazine groups is 1. The molecule has 3 aromatic carbocycles. The first-order chi connectivity index (χ1) is 11.3. The number of benzene rings is 3. The third-order valence-electron chi connectivity index (χ3n) is 3.47. The van der Waals surface area contributed by atoms with Crippen LogP contribution in [-0.4, -0.2) is 6.41 Å². The number of carbonyl (C=O) groups excluding carboxylic acids is 1. The van der Waals surface area contributed by atoms with E-state index in [9.17, 15) is 4.79 Å². The molecule has 0 radical (unpaired) electrons. The van der Waals surface area contributed by atoms with E-state index < -0.39 is 0 Å². The Morgan fingerprint density at radius 1 is 0.652 bits per heavy atom. The minimum atomic E-state index is 0.658. The molecule has 0 aromatic heterocycles. The Labute approximate surface area is 135 Å². The fraction of sp³-hybridized carbons (Fsp3) is 0. The molecular formula is C19H17N3O. The van der Waals surface area contributed by atoms with Gasteiger partial charge in [-0.3, -0.25) is 4.79 Å². The highest BCUT2D eigenvalue weighted by atomic mass is 16.1. The van der Waals surface area contributed by atoms with Crippen molar-refractivity contribution >= 4 is 29.2 Å². The molecule has 0 unspecified atom stereocenters. The van der Waals surface area contributed by atoms with Crippen LogP contribution in [0.1, 0.15) is 0 Å². The van der Waals surface area contributed by atoms with Crippen LogP contribution in [0, 0.1) is 0 Å². The molecule has 0 bridgehead atoms. The van der Waals surface area contributed by atoms with E-state index in [1.807, 2.05) is 77.8 Å². The number of hydrogen-bond acceptors (Lipinski definition) is 3. The van der Waals surface area contributed by atoms with Gasteiger partial charge in [-0.1, -0.05) is 36.4 Å². The largest absolute Gasteiger partial charge is 0.399 e. The van der Waals surface area contributed by atoms with Crippen LogP contribution in [0.5, 0.6) is 0 Å². The summed E-state index contributed by atoms with van der Waals surface area (Å²) in [7, 11) is 0. The number of nitrogen functional groups attached to an aromatic ring is 1. The highest BCUT2D eigenvalue weighted by Crippen LogP contribution is 2.30. The molecule has 3 aromatic rings. The number of carbonyl (C=O) groups is 1. The van der Waals surface area contributed by atoms with Crippen LogP contribution >= 0.6 is 0 Å². The first-order valence-electron chi connectivity index (χ1n) is 7.30. The Bertz CT molecular complexity index is 718. The lowest BCUT2D eigenvalue weighted by Gasteiger charge is -2.33. The Kier molecular flexibility index (Phi) is 4.25. The van der Waals surface area contributed by atoms with Crippen molar-refractivity contribution in [2.24, 2.45) is 0 Å². The fourth-order valence-electron chi connectivity index (χ4n) is 2.39. The van der Waals surface area contributed by atoms with Crippen molar-refractivity contribution in [2.75, 3.05) is 15.8 Å². The summed E-state index contributed by atoms with van der Waals surface area (Å²) in [5.74, 6) is 0. The second-order valence-corrected chi connectivity index (χ2v) is 5.02. The number of amides is 1. The van der Waals surface area contributed by atoms with Crippen molar-refractivity contribution in [3.05, 3.63) is 84.9 Å². The second-order valence-electron chi connectivity index (χ2n) is 5.02. The number of nitrogens with two attached hydrogens (primary N) is 1. The SMILES string of the molecule is Nc1ccc(N(C=O)N(c2ccccc2)c2ccccc2)cc1. The molecule has 0 aliphatic rings. The van der Waals surface area contributed by atoms with Gasteiger partial charge in [0.1, 0.15) is 0 Å². The summed E-state index contributed by atoms with van der Waals surface area (Å²) >= 11 is 0. The molecule has 0 atom stereocenters. The van der Waals surface area contributed by atoms with Crippen molar-refractivity contribution < 1.29 is 4.79 Å². The van der Waals surface area contributed by atoms with E-state index in [4.69, 9.17) is 5.73 Å². The van der Waals surface area contributed by atoms with Crippen LogP contribution in [0.2, 0.25) is 0 Å². The van der Waals surface area contributed by atoms with Gasteiger partial charge < -0.3 is 5.73 Å². The maximum Gasteiger partial charge on any atom is 0.233 e. The van der Waals surface area contributed by atoms with Crippen molar-refractivity contribution in [2.45, 2.75) is 0 Å². The molecule has 0 aliphatic heterocycles. The van der Waals surface area contributed by atoms with Crippen LogP contribution in [0.15, 0.2) is 84.9 Å². The van der Waals surface area contributed by atoms with E-state index in [1.54, 1.807) is 17.1 Å². The summed E-state index contributed by atoms with van der Waals surface area (Å²) < 4.78 is 0. The standard InChI is InChI=1S/C19H17N3O/c20-16-11-13-17(14-12-16)21(15-23)22(18-7-3-1-4-8-18)19-9-5-2-6-10-19/h1-15H,20H2. The molecule has 0 saturated carbocycles. The molecule has 3 rings (SSSR count). The van der Waals surface area contributed by atoms with Crippen molar-refractivity contribution in [1.82, 2.24) is 0 Å². The van der Waals surface area contributed by atoms with Gasteiger partial charge >= 0.3 is 0 Å². The number of para-hydroxylation sites is 2. The Morgan fingerprint density at radius 2 is 1.13 bits per heavy atom. The van der Waals surface area contributed by atoms with E-state index >= 15 is 0 Å². The van der Waals surface area contributed by atoms with Gasteiger partial charge in [-0.05, 0) is 48.5 Å². The molecular weight excluding hydrogens is 286 g/mol. The number of hydrogen-bond donors (Lipinski definition) is 1. The quantitative estimate of drug-likeness (QED) is 0.440. The predicted octanol–water partition coefficient (Wildman–Crippen LogP) is 3.98. The number of anilines is 4. The van der Waals surface area contributed by atoms with Crippen LogP contribution in [0.25, 0.3) is 0 Å². The fourth-order valence-corrected chi connectivity index (χ4v) is 2.39. The molecule has 1 amide bonds. The second kappa shape index (κ2) is 6.66. The normalized spacial score (nSPS) is 10.1. The molecule has 0 fully saturated rings. The lowest BCUT2D eigenvalue weighted by atomic mass is 10.2. The van der Waals surface area contributed by atoms with Crippen LogP contribution < -0.4 is 15.8 Å². The first kappa shape index (κ1) is 14.7. The van der Waals surface area contributed by atoms with E-state index in [0.29, 0.717) is 5.69 Å². The third-order valence-corrected chi connectivity index (χ3v) is 3.47. The zero-order chi connectivity index (χ0) is 16.1. The Balaban J connectivity index is 2.10. The third kappa shape index (κ3) is 3.16. The summed E-state index contributed by atoms with van der Waals surface area (Å²) in [6, 6.07) is 26.7. The average molecular weight is 303 g/mol. The maximum atomic E-state index is 11.8. The van der Waals surface area contributed by atoms with Crippen molar-refractivity contribution in [3.63, 3.8) is 0 Å². The van der Waals surface area contributed by atoms with E-state index in [0.717, 1.165) is 23.5 Å². The van der Waals surface area contributed by atoms with Gasteiger partial charge in [-0.2, -0.15) is 0 Å². The topological polar surface area (TPSA) is 49.6 Å². The molecule has 114 valence electrons. The van der Waals surface area contributed by atoms with E-state index in [2.05, 4.69) is 0 Å². The van der Waals surface area contributed by atoms with Crippen LogP contribution in [0.3, 0.4) is 0 Å². The summed E-state index contributed by atoms with van der Waals surface area (Å²) in [5, 5.41) is 3.42. The monoisotopic (exact) mass is 303 g/mol. The highest BCUT2D eigenvalue weighted by molar-refractivity contribution is 5.85. The van der Waals surface area contributed by atoms with E-state index in [1.165, 1.54) is 0 Å². The summed E-state index contributed by atoms with van der Waals surface area (Å²) in [6.45, 7) is 0. The van der Waals surface area contributed by atoms with Gasteiger partial charge in [-0.25, -0.2) is 10.0 Å². The first-order valence-corrected chi connectivity index (χ1v) is 7.30. The van der Waals surface area contributed by atoms with Gasteiger partial charge in [0.2, 0.25) is 6.41 Å². The zero-order valence-electron chi connectivity index (χ0n) is 12.5. The average Bonchev–Trinajstić information content (AvgIpc) is 2.62. The molecule has 0 saturated heterocycles. The van der Waals surface area contributed by atoms with Gasteiger partial charge in [0.15, 0.2) is 0 Å². The predicted molar refractivity (Wildman–Crippen MR) is 94.4 cm³/mol. The molecule has 4 nitrogen and oxygen atoms in total. The summed E-state index contributed by atoms with van der Waals surface area (Å²) in [5.41, 5.74) is 8.92. The highest BCUT2D eigenvalue weighted by Gasteiger charge is 2.18. The van der Waals surface area contributed by atoms with Gasteiger partial charge in [0.05, 0.1) is 17.1 Å². The lowest BCUT2D eigenvalue weighted by molar-refractivity contribution is -0.107. The maximum absolute atomic E-state index is 11.8. The van der Waals surface area contributed by atoms with Crippen molar-refractivity contribution in [1.29, 1.82) is 0 Å². The molecule has 0 aliphatic carbocycles. The Morgan fingerprint density at radius 3 is 1.57 bits per heavy atom. The summed E-state index contributed by atoms with van der Waals surface area (Å²) in [4.78, 5) is 11.8. The zero-order valence-corrected chi connectivity index (χ0v) is 12.5. The minimum absolute atomic E-state index is 0.658.